The van der Waals surface area contributed by atoms with Gasteiger partial charge in [-0.05, 0) is 46.5 Å². The quantitative estimate of drug-likeness (QED) is 0.774. The van der Waals surface area contributed by atoms with Crippen molar-refractivity contribution in [3.05, 3.63) is 28.2 Å². The van der Waals surface area contributed by atoms with Crippen molar-refractivity contribution in [2.24, 2.45) is 5.73 Å². The smallest absolute Gasteiger partial charge is 0.0510 e. The highest BCUT2D eigenvalue weighted by atomic mass is 79.9. The maximum atomic E-state index is 5.67. The molecule has 2 nitrogen and oxygen atoms in total. The van der Waals surface area contributed by atoms with E-state index in [2.05, 4.69) is 52.9 Å². The zero-order chi connectivity index (χ0) is 13.4. The summed E-state index contributed by atoms with van der Waals surface area (Å²) in [5, 5.41) is 0. The van der Waals surface area contributed by atoms with Crippen molar-refractivity contribution in [3.63, 3.8) is 0 Å². The summed E-state index contributed by atoms with van der Waals surface area (Å²) in [6.45, 7) is 7.35. The molecule has 0 spiro atoms. The van der Waals surface area contributed by atoms with Gasteiger partial charge in [0, 0.05) is 24.1 Å². The van der Waals surface area contributed by atoms with Crippen LogP contribution in [0.3, 0.4) is 0 Å². The van der Waals surface area contributed by atoms with Gasteiger partial charge in [-0.3, -0.25) is 0 Å². The van der Waals surface area contributed by atoms with Crippen LogP contribution in [0.2, 0.25) is 0 Å². The lowest BCUT2D eigenvalue weighted by atomic mass is 10.1. The van der Waals surface area contributed by atoms with Gasteiger partial charge in [-0.15, -0.1) is 0 Å². The topological polar surface area (TPSA) is 29.3 Å². The highest BCUT2D eigenvalue weighted by Crippen LogP contribution is 2.28. The minimum absolute atomic E-state index is 0.600. The first kappa shape index (κ1) is 15.5. The number of halogens is 1. The first-order chi connectivity index (χ1) is 8.72. The Kier molecular flexibility index (Phi) is 7.36. The largest absolute Gasteiger partial charge is 0.371 e. The van der Waals surface area contributed by atoms with Crippen molar-refractivity contribution in [3.8, 4) is 0 Å². The van der Waals surface area contributed by atoms with E-state index in [1.165, 1.54) is 36.9 Å². The van der Waals surface area contributed by atoms with Gasteiger partial charge in [0.25, 0.3) is 0 Å². The summed E-state index contributed by atoms with van der Waals surface area (Å²) in [6, 6.07) is 6.46. The number of nitrogens with zero attached hydrogens (tertiary/aromatic N) is 1. The lowest BCUT2D eigenvalue weighted by Crippen LogP contribution is -2.26. The fourth-order valence-electron chi connectivity index (χ4n) is 1.98. The van der Waals surface area contributed by atoms with Crippen molar-refractivity contribution in [2.45, 2.75) is 46.1 Å². The number of rotatable bonds is 8. The number of hydrogen-bond donors (Lipinski definition) is 1. The molecule has 0 amide bonds. The SMILES string of the molecule is CCCCN(CCCC)c1ccc(CN)cc1Br. The van der Waals surface area contributed by atoms with Crippen LogP contribution >= 0.6 is 15.9 Å². The summed E-state index contributed by atoms with van der Waals surface area (Å²) in [7, 11) is 0. The predicted octanol–water partition coefficient (Wildman–Crippen LogP) is 4.31. The maximum absolute atomic E-state index is 5.67. The zero-order valence-corrected chi connectivity index (χ0v) is 13.2. The van der Waals surface area contributed by atoms with Crippen LogP contribution in [0.15, 0.2) is 22.7 Å². The van der Waals surface area contributed by atoms with Gasteiger partial charge in [0.15, 0.2) is 0 Å². The third-order valence-corrected chi connectivity index (χ3v) is 3.79. The van der Waals surface area contributed by atoms with Gasteiger partial charge in [-0.2, -0.15) is 0 Å². The number of nitrogens with two attached hydrogens (primary N) is 1. The molecule has 0 radical (unpaired) electrons. The lowest BCUT2D eigenvalue weighted by Gasteiger charge is -2.26. The van der Waals surface area contributed by atoms with Crippen molar-refractivity contribution in [2.75, 3.05) is 18.0 Å². The normalized spacial score (nSPS) is 10.7. The van der Waals surface area contributed by atoms with E-state index in [0.29, 0.717) is 6.54 Å². The molecule has 0 fully saturated rings. The molecule has 1 aromatic carbocycles. The van der Waals surface area contributed by atoms with Crippen LogP contribution in [0.1, 0.15) is 45.1 Å². The van der Waals surface area contributed by atoms with Crippen LogP contribution in [0, 0.1) is 0 Å². The molecule has 18 heavy (non-hydrogen) atoms. The second kappa shape index (κ2) is 8.54. The predicted molar refractivity (Wildman–Crippen MR) is 84.1 cm³/mol. The molecule has 0 aliphatic carbocycles. The Morgan fingerprint density at radius 2 is 1.72 bits per heavy atom. The Hall–Kier alpha value is -0.540. The molecular weight excluding hydrogens is 288 g/mol. The molecule has 0 aliphatic rings. The van der Waals surface area contributed by atoms with Crippen LogP contribution in [0.4, 0.5) is 5.69 Å². The van der Waals surface area contributed by atoms with E-state index in [0.717, 1.165) is 17.6 Å². The van der Waals surface area contributed by atoms with Crippen molar-refractivity contribution >= 4 is 21.6 Å². The number of benzene rings is 1. The first-order valence-electron chi connectivity index (χ1n) is 6.96. The molecule has 3 heteroatoms. The van der Waals surface area contributed by atoms with Crippen LogP contribution in [0.25, 0.3) is 0 Å². The minimum Gasteiger partial charge on any atom is -0.371 e. The summed E-state index contributed by atoms with van der Waals surface area (Å²) in [6.07, 6.45) is 4.96. The van der Waals surface area contributed by atoms with Gasteiger partial charge >= 0.3 is 0 Å². The van der Waals surface area contributed by atoms with Crippen LogP contribution < -0.4 is 10.6 Å². The molecule has 0 saturated carbocycles. The number of hydrogen-bond acceptors (Lipinski definition) is 2. The third kappa shape index (κ3) is 4.62. The fraction of sp³-hybridized carbons (Fsp3) is 0.600. The average Bonchev–Trinajstić information content (AvgIpc) is 2.39. The Labute approximate surface area is 120 Å². The third-order valence-electron chi connectivity index (χ3n) is 3.15. The van der Waals surface area contributed by atoms with Gasteiger partial charge in [0.2, 0.25) is 0 Å². The first-order valence-corrected chi connectivity index (χ1v) is 7.75. The molecule has 0 aromatic heterocycles. The van der Waals surface area contributed by atoms with E-state index in [-0.39, 0.29) is 0 Å². The molecule has 2 N–H and O–H groups in total. The van der Waals surface area contributed by atoms with Crippen LogP contribution in [-0.2, 0) is 6.54 Å². The van der Waals surface area contributed by atoms with E-state index in [9.17, 15) is 0 Å². The molecule has 0 bridgehead atoms. The maximum Gasteiger partial charge on any atom is 0.0510 e. The van der Waals surface area contributed by atoms with E-state index >= 15 is 0 Å². The van der Waals surface area contributed by atoms with Crippen molar-refractivity contribution < 1.29 is 0 Å². The van der Waals surface area contributed by atoms with E-state index in [1.807, 2.05) is 0 Å². The molecule has 0 unspecified atom stereocenters. The lowest BCUT2D eigenvalue weighted by molar-refractivity contribution is 0.677. The molecule has 0 heterocycles. The fourth-order valence-corrected chi connectivity index (χ4v) is 2.66. The monoisotopic (exact) mass is 312 g/mol. The van der Waals surface area contributed by atoms with Crippen LogP contribution in [0.5, 0.6) is 0 Å². The molecular formula is C15H25BrN2. The van der Waals surface area contributed by atoms with E-state index in [1.54, 1.807) is 0 Å². The van der Waals surface area contributed by atoms with Gasteiger partial charge < -0.3 is 10.6 Å². The van der Waals surface area contributed by atoms with E-state index in [4.69, 9.17) is 5.73 Å². The standard InChI is InChI=1S/C15H25BrN2/c1-3-5-9-18(10-6-4-2)15-8-7-13(12-17)11-14(15)16/h7-8,11H,3-6,9-10,12,17H2,1-2H3. The van der Waals surface area contributed by atoms with Crippen molar-refractivity contribution in [1.29, 1.82) is 0 Å². The Morgan fingerprint density at radius 1 is 1.11 bits per heavy atom. The van der Waals surface area contributed by atoms with Crippen LogP contribution in [-0.4, -0.2) is 13.1 Å². The summed E-state index contributed by atoms with van der Waals surface area (Å²) < 4.78 is 1.16. The highest BCUT2D eigenvalue weighted by molar-refractivity contribution is 9.10. The second-order valence-electron chi connectivity index (χ2n) is 4.68. The summed E-state index contributed by atoms with van der Waals surface area (Å²) in [5.41, 5.74) is 8.15. The summed E-state index contributed by atoms with van der Waals surface area (Å²) in [4.78, 5) is 2.48. The summed E-state index contributed by atoms with van der Waals surface area (Å²) >= 11 is 3.68. The number of unbranched alkanes of at least 4 members (excludes halogenated alkanes) is 2. The van der Waals surface area contributed by atoms with Gasteiger partial charge in [-0.25, -0.2) is 0 Å². The zero-order valence-electron chi connectivity index (χ0n) is 11.6. The van der Waals surface area contributed by atoms with E-state index < -0.39 is 0 Å². The molecule has 1 rings (SSSR count). The Balaban J connectivity index is 2.82. The van der Waals surface area contributed by atoms with Crippen molar-refractivity contribution in [1.82, 2.24) is 0 Å². The molecule has 0 atom stereocenters. The highest BCUT2D eigenvalue weighted by Gasteiger charge is 2.09. The van der Waals surface area contributed by atoms with Gasteiger partial charge in [-0.1, -0.05) is 32.8 Å². The number of anilines is 1. The molecule has 0 aliphatic heterocycles. The minimum atomic E-state index is 0.600. The Morgan fingerprint density at radius 3 is 2.17 bits per heavy atom. The molecule has 0 saturated heterocycles. The summed E-state index contributed by atoms with van der Waals surface area (Å²) in [5.74, 6) is 0. The van der Waals surface area contributed by atoms with Gasteiger partial charge in [0.1, 0.15) is 0 Å². The Bertz CT molecular complexity index is 344. The second-order valence-corrected chi connectivity index (χ2v) is 5.54. The molecule has 102 valence electrons. The van der Waals surface area contributed by atoms with Gasteiger partial charge in [0.05, 0.1) is 5.69 Å². The molecule has 1 aromatic rings. The average molecular weight is 313 g/mol.